The molecule has 8 heteroatoms. The lowest BCUT2D eigenvalue weighted by atomic mass is 10.2. The van der Waals surface area contributed by atoms with Crippen LogP contribution in [0.25, 0.3) is 0 Å². The molecule has 0 saturated carbocycles. The van der Waals surface area contributed by atoms with E-state index < -0.39 is 27.9 Å². The predicted octanol–water partition coefficient (Wildman–Crippen LogP) is 5.95. The highest BCUT2D eigenvalue weighted by Crippen LogP contribution is 2.48. The third-order valence-corrected chi connectivity index (χ3v) is 6.12. The van der Waals surface area contributed by atoms with Crippen molar-refractivity contribution in [2.75, 3.05) is 6.66 Å². The van der Waals surface area contributed by atoms with Gasteiger partial charge < -0.3 is 4.52 Å². The molecule has 0 fully saturated rings. The number of benzene rings is 1. The highest BCUT2D eigenvalue weighted by atomic mass is 31.2. The van der Waals surface area contributed by atoms with Crippen molar-refractivity contribution in [3.63, 3.8) is 0 Å². The molecule has 0 aromatic heterocycles. The van der Waals surface area contributed by atoms with Crippen LogP contribution in [-0.2, 0) is 9.09 Å². The summed E-state index contributed by atoms with van der Waals surface area (Å²) in [5, 5.41) is 0. The van der Waals surface area contributed by atoms with Gasteiger partial charge in [-0.15, -0.1) is 0 Å². The van der Waals surface area contributed by atoms with Crippen LogP contribution in [-0.4, -0.2) is 27.0 Å². The van der Waals surface area contributed by atoms with E-state index in [2.05, 4.69) is 19.6 Å². The molecule has 1 rings (SSSR count). The van der Waals surface area contributed by atoms with Gasteiger partial charge in [0.1, 0.15) is 5.75 Å². The van der Waals surface area contributed by atoms with Gasteiger partial charge in [0.15, 0.2) is 6.10 Å². The van der Waals surface area contributed by atoms with E-state index in [0.717, 1.165) is 12.7 Å². The van der Waals surface area contributed by atoms with Crippen molar-refractivity contribution >= 4 is 15.7 Å². The van der Waals surface area contributed by atoms with Crippen molar-refractivity contribution in [3.8, 4) is 5.75 Å². The minimum absolute atomic E-state index is 0.205. The summed E-state index contributed by atoms with van der Waals surface area (Å²) in [6.45, 7) is 7.36. The Kier molecular flexibility index (Phi) is 6.92. The zero-order valence-electron chi connectivity index (χ0n) is 13.9. The summed E-state index contributed by atoms with van der Waals surface area (Å²) in [4.78, 5) is 0. The Balaban J connectivity index is 2.70. The molecule has 0 aliphatic rings. The Morgan fingerprint density at radius 1 is 1.17 bits per heavy atom. The molecule has 0 aliphatic heterocycles. The number of alkyl halides is 3. The van der Waals surface area contributed by atoms with Crippen LogP contribution in [0.15, 0.2) is 30.3 Å². The smallest absolute Gasteiger partial charge is 0.415 e. The molecule has 132 valence electrons. The third kappa shape index (κ3) is 8.58. The zero-order chi connectivity index (χ0) is 17.7. The van der Waals surface area contributed by atoms with Crippen LogP contribution in [0.2, 0.25) is 25.7 Å². The number of hydrogen-bond acceptors (Lipinski definition) is 3. The average Bonchev–Trinajstić information content (AvgIpc) is 2.35. The maximum Gasteiger partial charge on any atom is 0.415 e. The predicted molar refractivity (Wildman–Crippen MR) is 88.9 cm³/mol. The normalized spacial score (nSPS) is 16.7. The molecule has 0 spiro atoms. The van der Waals surface area contributed by atoms with Gasteiger partial charge in [-0.05, 0) is 18.6 Å². The average molecular weight is 368 g/mol. The van der Waals surface area contributed by atoms with E-state index in [0.29, 0.717) is 6.42 Å². The molecule has 1 aromatic rings. The van der Waals surface area contributed by atoms with Crippen LogP contribution in [0.1, 0.15) is 12.8 Å². The Morgan fingerprint density at radius 3 is 2.22 bits per heavy atom. The zero-order valence-corrected chi connectivity index (χ0v) is 15.8. The summed E-state index contributed by atoms with van der Waals surface area (Å²) in [7, 11) is -5.28. The van der Waals surface area contributed by atoms with E-state index in [1.807, 2.05) is 0 Å². The van der Waals surface area contributed by atoms with Crippen molar-refractivity contribution in [2.24, 2.45) is 0 Å². The summed E-state index contributed by atoms with van der Waals surface area (Å²) in [5.74, 6) is 0.223. The Labute approximate surface area is 136 Å². The molecule has 0 saturated heterocycles. The molecule has 3 nitrogen and oxygen atoms in total. The minimum Gasteiger partial charge on any atom is -0.425 e. The first-order valence-electron chi connectivity index (χ1n) is 7.46. The Bertz CT molecular complexity index is 529. The van der Waals surface area contributed by atoms with Gasteiger partial charge in [0, 0.05) is 14.7 Å². The third-order valence-electron chi connectivity index (χ3n) is 3.09. The number of halogens is 3. The lowest BCUT2D eigenvalue weighted by Crippen LogP contribution is -2.32. The molecule has 0 N–H and O–H groups in total. The van der Waals surface area contributed by atoms with Gasteiger partial charge in [0.25, 0.3) is 0 Å². The van der Waals surface area contributed by atoms with Crippen molar-refractivity contribution in [3.05, 3.63) is 30.3 Å². The van der Waals surface area contributed by atoms with Crippen LogP contribution in [0.4, 0.5) is 13.2 Å². The highest BCUT2D eigenvalue weighted by Gasteiger charge is 2.44. The van der Waals surface area contributed by atoms with Gasteiger partial charge in [-0.1, -0.05) is 50.3 Å². The van der Waals surface area contributed by atoms with Gasteiger partial charge >= 0.3 is 13.8 Å². The Morgan fingerprint density at radius 2 is 1.74 bits per heavy atom. The van der Waals surface area contributed by atoms with Crippen molar-refractivity contribution in [2.45, 2.75) is 50.8 Å². The van der Waals surface area contributed by atoms with Gasteiger partial charge in [-0.25, -0.2) is 4.57 Å². The number of rotatable bonds is 8. The molecule has 0 bridgehead atoms. The van der Waals surface area contributed by atoms with Crippen LogP contribution < -0.4 is 4.52 Å². The SMILES string of the molecule is C[Si](C)(C)CCCC(OP(C)(=O)Oc1ccccc1)C(F)(F)F. The summed E-state index contributed by atoms with van der Waals surface area (Å²) >= 11 is 0. The quantitative estimate of drug-likeness (QED) is 0.420. The molecule has 2 unspecified atom stereocenters. The molecule has 0 amide bonds. The molecule has 0 aliphatic carbocycles. The second-order valence-corrected chi connectivity index (χ2v) is 14.3. The summed E-state index contributed by atoms with van der Waals surface area (Å²) in [6, 6.07) is 8.81. The van der Waals surface area contributed by atoms with Gasteiger partial charge in [0.05, 0.1) is 0 Å². The number of para-hydroxylation sites is 1. The van der Waals surface area contributed by atoms with Crippen molar-refractivity contribution < 1.29 is 26.8 Å². The van der Waals surface area contributed by atoms with E-state index in [9.17, 15) is 17.7 Å². The second kappa shape index (κ2) is 7.86. The fourth-order valence-electron chi connectivity index (χ4n) is 2.02. The lowest BCUT2D eigenvalue weighted by Gasteiger charge is -2.25. The molecular formula is C15H24F3O3PSi. The fourth-order valence-corrected chi connectivity index (χ4v) is 4.52. The van der Waals surface area contributed by atoms with Crippen LogP contribution >= 0.6 is 7.60 Å². The maximum atomic E-state index is 13.1. The fraction of sp³-hybridized carbons (Fsp3) is 0.600. The first-order valence-corrected chi connectivity index (χ1v) is 13.2. The molecule has 0 radical (unpaired) electrons. The van der Waals surface area contributed by atoms with E-state index >= 15 is 0 Å². The second-order valence-electron chi connectivity index (χ2n) is 6.76. The number of hydrogen-bond donors (Lipinski definition) is 0. The van der Waals surface area contributed by atoms with Crippen molar-refractivity contribution in [1.29, 1.82) is 0 Å². The van der Waals surface area contributed by atoms with Gasteiger partial charge in [-0.3, -0.25) is 4.52 Å². The van der Waals surface area contributed by atoms with E-state index in [-0.39, 0.29) is 12.2 Å². The van der Waals surface area contributed by atoms with Crippen LogP contribution in [0.5, 0.6) is 5.75 Å². The largest absolute Gasteiger partial charge is 0.425 e. The minimum atomic E-state index is -4.56. The van der Waals surface area contributed by atoms with E-state index in [1.54, 1.807) is 18.2 Å². The molecule has 23 heavy (non-hydrogen) atoms. The molecule has 0 heterocycles. The first kappa shape index (κ1) is 20.3. The topological polar surface area (TPSA) is 35.5 Å². The lowest BCUT2D eigenvalue weighted by molar-refractivity contribution is -0.198. The van der Waals surface area contributed by atoms with Gasteiger partial charge in [-0.2, -0.15) is 13.2 Å². The van der Waals surface area contributed by atoms with E-state index in [4.69, 9.17) is 9.05 Å². The highest BCUT2D eigenvalue weighted by molar-refractivity contribution is 7.53. The summed E-state index contributed by atoms with van der Waals surface area (Å²) < 4.78 is 61.6. The van der Waals surface area contributed by atoms with Crippen molar-refractivity contribution in [1.82, 2.24) is 0 Å². The Hall–Kier alpha value is -0.783. The van der Waals surface area contributed by atoms with Crippen LogP contribution in [0, 0.1) is 0 Å². The van der Waals surface area contributed by atoms with Crippen LogP contribution in [0.3, 0.4) is 0 Å². The summed E-state index contributed by atoms with van der Waals surface area (Å²) in [6.07, 6.45) is -6.45. The van der Waals surface area contributed by atoms with Gasteiger partial charge in [0.2, 0.25) is 0 Å². The first-order chi connectivity index (χ1) is 10.4. The maximum absolute atomic E-state index is 13.1. The monoisotopic (exact) mass is 368 g/mol. The molecule has 2 atom stereocenters. The summed E-state index contributed by atoms with van der Waals surface area (Å²) in [5.41, 5.74) is 0. The molecular weight excluding hydrogens is 344 g/mol. The molecule has 1 aromatic carbocycles. The standard InChI is InChI=1S/C15H24F3O3PSi/c1-22(19,20-13-9-6-5-7-10-13)21-14(15(16,17)18)11-8-12-23(2,3)4/h5-7,9-10,14H,8,11-12H2,1-4H3. The van der Waals surface area contributed by atoms with E-state index in [1.165, 1.54) is 12.1 Å².